The second kappa shape index (κ2) is 8.13. The van der Waals surface area contributed by atoms with Crippen molar-refractivity contribution in [2.45, 2.75) is 19.9 Å². The van der Waals surface area contributed by atoms with Crippen LogP contribution in [0, 0.1) is 3.57 Å². The summed E-state index contributed by atoms with van der Waals surface area (Å²) in [5, 5.41) is 0. The first kappa shape index (κ1) is 18.8. The van der Waals surface area contributed by atoms with E-state index in [0.717, 1.165) is 20.2 Å². The lowest BCUT2D eigenvalue weighted by Gasteiger charge is -2.04. The van der Waals surface area contributed by atoms with E-state index in [4.69, 9.17) is 4.74 Å². The highest BCUT2D eigenvalue weighted by atomic mass is 127. The van der Waals surface area contributed by atoms with Crippen molar-refractivity contribution < 1.29 is 14.3 Å². The zero-order chi connectivity index (χ0) is 18.7. The fourth-order valence-corrected chi connectivity index (χ4v) is 4.26. The molecule has 134 valence electrons. The summed E-state index contributed by atoms with van der Waals surface area (Å²) in [5.74, 6) is -0.705. The third-order valence-corrected chi connectivity index (χ3v) is 5.95. The molecular formula is C19H17IN2O3S. The Bertz CT molecular complexity index is 1050. The molecule has 3 rings (SSSR count). The van der Waals surface area contributed by atoms with Gasteiger partial charge in [-0.2, -0.15) is 4.99 Å². The van der Waals surface area contributed by atoms with Gasteiger partial charge >= 0.3 is 5.97 Å². The van der Waals surface area contributed by atoms with E-state index in [1.807, 2.05) is 30.3 Å². The highest BCUT2D eigenvalue weighted by Gasteiger charge is 2.14. The van der Waals surface area contributed by atoms with Crippen molar-refractivity contribution in [2.24, 2.45) is 4.99 Å². The van der Waals surface area contributed by atoms with E-state index in [1.54, 1.807) is 10.6 Å². The maximum Gasteiger partial charge on any atom is 0.325 e. The molecule has 0 saturated carbocycles. The molecule has 7 heteroatoms. The number of carbonyl (C=O) groups is 2. The van der Waals surface area contributed by atoms with Gasteiger partial charge in [0.15, 0.2) is 4.80 Å². The summed E-state index contributed by atoms with van der Waals surface area (Å²) >= 11 is 3.52. The van der Waals surface area contributed by atoms with Crippen LogP contribution in [0.4, 0.5) is 0 Å². The number of carbonyl (C=O) groups excluding carboxylic acids is 2. The molecule has 0 aliphatic carbocycles. The molecule has 0 unspecified atom stereocenters. The molecule has 0 fully saturated rings. The van der Waals surface area contributed by atoms with E-state index in [-0.39, 0.29) is 18.4 Å². The number of methoxy groups -OCH3 is 1. The summed E-state index contributed by atoms with van der Waals surface area (Å²) in [6.45, 7) is 2.10. The lowest BCUT2D eigenvalue weighted by molar-refractivity contribution is -0.141. The van der Waals surface area contributed by atoms with Crippen LogP contribution in [0.25, 0.3) is 10.2 Å². The number of aromatic nitrogens is 1. The highest BCUT2D eigenvalue weighted by Crippen LogP contribution is 2.20. The van der Waals surface area contributed by atoms with Gasteiger partial charge < -0.3 is 9.30 Å². The first-order chi connectivity index (χ1) is 12.5. The third kappa shape index (κ3) is 3.88. The van der Waals surface area contributed by atoms with Crippen molar-refractivity contribution in [3.63, 3.8) is 0 Å². The van der Waals surface area contributed by atoms with Crippen LogP contribution >= 0.6 is 33.9 Å². The number of amides is 1. The Morgan fingerprint density at radius 3 is 2.69 bits per heavy atom. The first-order valence-corrected chi connectivity index (χ1v) is 9.95. The Balaban J connectivity index is 2.16. The molecule has 0 aliphatic rings. The predicted molar refractivity (Wildman–Crippen MR) is 110 cm³/mol. The quantitative estimate of drug-likeness (QED) is 0.422. The van der Waals surface area contributed by atoms with Gasteiger partial charge in [-0.25, -0.2) is 0 Å². The van der Waals surface area contributed by atoms with Crippen molar-refractivity contribution in [1.29, 1.82) is 0 Å². The van der Waals surface area contributed by atoms with Crippen LogP contribution in [-0.2, 0) is 22.5 Å². The van der Waals surface area contributed by atoms with E-state index >= 15 is 0 Å². The van der Waals surface area contributed by atoms with Gasteiger partial charge in [-0.05, 0) is 58.8 Å². The second-order valence-corrected chi connectivity index (χ2v) is 7.77. The van der Waals surface area contributed by atoms with E-state index < -0.39 is 0 Å². The third-order valence-electron chi connectivity index (χ3n) is 3.97. The molecule has 1 heterocycles. The Labute approximate surface area is 168 Å². The Morgan fingerprint density at radius 1 is 1.23 bits per heavy atom. The molecule has 0 aliphatic heterocycles. The summed E-state index contributed by atoms with van der Waals surface area (Å²) in [6, 6.07) is 13.4. The van der Waals surface area contributed by atoms with E-state index in [1.165, 1.54) is 24.0 Å². The molecule has 3 aromatic rings. The molecule has 0 bridgehead atoms. The molecule has 0 spiro atoms. The number of halogens is 1. The fourth-order valence-electron chi connectivity index (χ4n) is 2.55. The zero-order valence-corrected chi connectivity index (χ0v) is 17.3. The largest absolute Gasteiger partial charge is 0.468 e. The number of ether oxygens (including phenoxy) is 1. The van der Waals surface area contributed by atoms with Gasteiger partial charge in [0, 0.05) is 3.57 Å². The van der Waals surface area contributed by atoms with Crippen LogP contribution in [0.15, 0.2) is 47.5 Å². The monoisotopic (exact) mass is 480 g/mol. The first-order valence-electron chi connectivity index (χ1n) is 8.06. The van der Waals surface area contributed by atoms with Crippen LogP contribution in [-0.4, -0.2) is 23.6 Å². The van der Waals surface area contributed by atoms with E-state index in [0.29, 0.717) is 10.4 Å². The lowest BCUT2D eigenvalue weighted by atomic mass is 10.2. The number of esters is 1. The Kier molecular flexibility index (Phi) is 5.87. The molecule has 2 aromatic carbocycles. The number of hydrogen-bond donors (Lipinski definition) is 0. The minimum Gasteiger partial charge on any atom is -0.468 e. The SMILES string of the molecule is CCc1ccc2c(c1)sc(=NC(=O)c1ccccc1I)n2CC(=O)OC. The van der Waals surface area contributed by atoms with Gasteiger partial charge in [-0.3, -0.25) is 9.59 Å². The fraction of sp³-hybridized carbons (Fsp3) is 0.211. The van der Waals surface area contributed by atoms with Gasteiger partial charge in [0.2, 0.25) is 0 Å². The number of rotatable bonds is 4. The molecular weight excluding hydrogens is 463 g/mol. The maximum absolute atomic E-state index is 12.6. The predicted octanol–water partition coefficient (Wildman–Crippen LogP) is 3.78. The van der Waals surface area contributed by atoms with Gasteiger partial charge in [0.05, 0.1) is 22.9 Å². The Hall–Kier alpha value is -2.00. The maximum atomic E-state index is 12.6. The van der Waals surface area contributed by atoms with Crippen molar-refractivity contribution in [1.82, 2.24) is 4.57 Å². The molecule has 0 N–H and O–H groups in total. The summed E-state index contributed by atoms with van der Waals surface area (Å²) in [7, 11) is 1.35. The zero-order valence-electron chi connectivity index (χ0n) is 14.4. The molecule has 1 aromatic heterocycles. The van der Waals surface area contributed by atoms with Crippen LogP contribution in [0.3, 0.4) is 0 Å². The molecule has 0 radical (unpaired) electrons. The average Bonchev–Trinajstić information content (AvgIpc) is 2.97. The molecule has 5 nitrogen and oxygen atoms in total. The Morgan fingerprint density at radius 2 is 2.00 bits per heavy atom. The van der Waals surface area contributed by atoms with Crippen LogP contribution in [0.2, 0.25) is 0 Å². The van der Waals surface area contributed by atoms with E-state index in [2.05, 4.69) is 40.6 Å². The van der Waals surface area contributed by atoms with Crippen LogP contribution in [0.1, 0.15) is 22.8 Å². The number of thiazole rings is 1. The van der Waals surface area contributed by atoms with Crippen LogP contribution in [0.5, 0.6) is 0 Å². The van der Waals surface area contributed by atoms with Gasteiger partial charge in [-0.15, -0.1) is 0 Å². The number of nitrogens with zero attached hydrogens (tertiary/aromatic N) is 2. The minimum absolute atomic E-state index is 0.0139. The van der Waals surface area contributed by atoms with Crippen molar-refractivity contribution in [3.05, 3.63) is 62.0 Å². The summed E-state index contributed by atoms with van der Waals surface area (Å²) in [5.41, 5.74) is 2.61. The van der Waals surface area contributed by atoms with E-state index in [9.17, 15) is 9.59 Å². The number of benzene rings is 2. The topological polar surface area (TPSA) is 60.7 Å². The molecule has 1 amide bonds. The van der Waals surface area contributed by atoms with Crippen LogP contribution < -0.4 is 4.80 Å². The summed E-state index contributed by atoms with van der Waals surface area (Å²) in [6.07, 6.45) is 0.915. The van der Waals surface area contributed by atoms with Crippen molar-refractivity contribution in [2.75, 3.05) is 7.11 Å². The van der Waals surface area contributed by atoms with Crippen molar-refractivity contribution in [3.8, 4) is 0 Å². The summed E-state index contributed by atoms with van der Waals surface area (Å²) < 4.78 is 8.36. The molecule has 0 saturated heterocycles. The minimum atomic E-state index is -0.382. The smallest absolute Gasteiger partial charge is 0.325 e. The van der Waals surface area contributed by atoms with Crippen molar-refractivity contribution >= 4 is 56.0 Å². The number of aryl methyl sites for hydroxylation is 1. The average molecular weight is 480 g/mol. The number of hydrogen-bond acceptors (Lipinski definition) is 4. The van der Waals surface area contributed by atoms with Gasteiger partial charge in [0.1, 0.15) is 6.54 Å². The number of fused-ring (bicyclic) bond motifs is 1. The lowest BCUT2D eigenvalue weighted by Crippen LogP contribution is -2.22. The second-order valence-electron chi connectivity index (χ2n) is 5.60. The van der Waals surface area contributed by atoms with Gasteiger partial charge in [0.25, 0.3) is 5.91 Å². The normalized spacial score (nSPS) is 11.7. The highest BCUT2D eigenvalue weighted by molar-refractivity contribution is 14.1. The molecule has 0 atom stereocenters. The van der Waals surface area contributed by atoms with Gasteiger partial charge in [-0.1, -0.05) is 36.5 Å². The molecule has 26 heavy (non-hydrogen) atoms. The standard InChI is InChI=1S/C19H17IN2O3S/c1-3-12-8-9-15-16(10-12)26-19(22(15)11-17(23)25-2)21-18(24)13-6-4-5-7-14(13)20/h4-10H,3,11H2,1-2H3. The summed E-state index contributed by atoms with van der Waals surface area (Å²) in [4.78, 5) is 29.3.